The molecule has 0 aliphatic carbocycles. The monoisotopic (exact) mass is 240 g/mol. The highest BCUT2D eigenvalue weighted by atomic mass is 35.5. The van der Waals surface area contributed by atoms with Crippen LogP contribution in [0.5, 0.6) is 0 Å². The quantitative estimate of drug-likeness (QED) is 0.795. The van der Waals surface area contributed by atoms with Gasteiger partial charge in [0.15, 0.2) is 0 Å². The highest BCUT2D eigenvalue weighted by Gasteiger charge is 2.17. The average molecular weight is 241 g/mol. The number of hydrogen-bond donors (Lipinski definition) is 2. The molecule has 0 saturated carbocycles. The molecule has 1 fully saturated rings. The number of nitrogens with one attached hydrogen (secondary N) is 2. The Morgan fingerprint density at radius 2 is 2.12 bits per heavy atom. The fourth-order valence-electron chi connectivity index (χ4n) is 1.66. The Bertz CT molecular complexity index is 362. The predicted octanol–water partition coefficient (Wildman–Crippen LogP) is 0.612. The van der Waals surface area contributed by atoms with Gasteiger partial charge in [0.2, 0.25) is 0 Å². The van der Waals surface area contributed by atoms with Crippen LogP contribution in [0.25, 0.3) is 0 Å². The molecule has 0 radical (unpaired) electrons. The summed E-state index contributed by atoms with van der Waals surface area (Å²) in [5.74, 6) is -0.184. The summed E-state index contributed by atoms with van der Waals surface area (Å²) in [7, 11) is 0. The molecule has 1 aromatic heterocycles. The molecule has 0 unspecified atom stereocenters. The van der Waals surface area contributed by atoms with E-state index in [1.165, 1.54) is 12.4 Å². The van der Waals surface area contributed by atoms with Crippen molar-refractivity contribution >= 4 is 17.5 Å². The van der Waals surface area contributed by atoms with Crippen molar-refractivity contribution in [1.29, 1.82) is 0 Å². The second-order valence-corrected chi connectivity index (χ2v) is 4.11. The fraction of sp³-hybridized carbons (Fsp3) is 0.500. The summed E-state index contributed by atoms with van der Waals surface area (Å²) in [4.78, 5) is 19.5. The number of hydrogen-bond acceptors (Lipinski definition) is 4. The van der Waals surface area contributed by atoms with E-state index in [0.717, 1.165) is 25.9 Å². The van der Waals surface area contributed by atoms with Crippen molar-refractivity contribution in [3.05, 3.63) is 23.2 Å². The van der Waals surface area contributed by atoms with Gasteiger partial charge in [0.25, 0.3) is 5.91 Å². The molecule has 5 nitrogen and oxygen atoms in total. The highest BCUT2D eigenvalue weighted by molar-refractivity contribution is 6.29. The molecule has 16 heavy (non-hydrogen) atoms. The summed E-state index contributed by atoms with van der Waals surface area (Å²) >= 11 is 5.59. The zero-order valence-electron chi connectivity index (χ0n) is 8.74. The van der Waals surface area contributed by atoms with E-state index >= 15 is 0 Å². The van der Waals surface area contributed by atoms with Gasteiger partial charge in [-0.25, -0.2) is 9.97 Å². The Labute approximate surface area is 98.6 Å². The molecule has 1 saturated heterocycles. The largest absolute Gasteiger partial charge is 0.348 e. The third-order valence-electron chi connectivity index (χ3n) is 2.53. The number of nitrogens with zero attached hydrogens (tertiary/aromatic N) is 2. The van der Waals surface area contributed by atoms with Crippen LogP contribution in [0.3, 0.4) is 0 Å². The number of halogens is 1. The first-order chi connectivity index (χ1) is 7.75. The molecule has 0 spiro atoms. The summed E-state index contributed by atoms with van der Waals surface area (Å²) in [6.45, 7) is 1.88. The number of piperidine rings is 1. The van der Waals surface area contributed by atoms with Gasteiger partial charge in [-0.1, -0.05) is 11.6 Å². The molecule has 6 heteroatoms. The topological polar surface area (TPSA) is 66.9 Å². The van der Waals surface area contributed by atoms with Gasteiger partial charge in [0.1, 0.15) is 10.8 Å². The lowest BCUT2D eigenvalue weighted by molar-refractivity contribution is 0.0924. The molecule has 2 N–H and O–H groups in total. The fourth-order valence-corrected chi connectivity index (χ4v) is 1.75. The molecular formula is C10H13ClN4O. The first kappa shape index (κ1) is 11.3. The van der Waals surface area contributed by atoms with Crippen LogP contribution in [0.15, 0.2) is 12.4 Å². The molecule has 1 aliphatic heterocycles. The molecule has 2 rings (SSSR count). The lowest BCUT2D eigenvalue weighted by Gasteiger charge is -2.23. The zero-order valence-corrected chi connectivity index (χ0v) is 9.50. The van der Waals surface area contributed by atoms with Crippen LogP contribution >= 0.6 is 11.6 Å². The SMILES string of the molecule is O=C(NC1CCNCC1)c1cnc(Cl)cn1. The Morgan fingerprint density at radius 3 is 2.75 bits per heavy atom. The highest BCUT2D eigenvalue weighted by Crippen LogP contribution is 2.05. The molecule has 1 amide bonds. The number of rotatable bonds is 2. The molecule has 0 atom stereocenters. The minimum atomic E-state index is -0.184. The number of carbonyl (C=O) groups is 1. The molecular weight excluding hydrogens is 228 g/mol. The Kier molecular flexibility index (Phi) is 3.69. The van der Waals surface area contributed by atoms with E-state index in [0.29, 0.717) is 10.8 Å². The molecule has 2 heterocycles. The van der Waals surface area contributed by atoms with Gasteiger partial charge in [-0.05, 0) is 25.9 Å². The van der Waals surface area contributed by atoms with Crippen molar-refractivity contribution in [1.82, 2.24) is 20.6 Å². The van der Waals surface area contributed by atoms with Crippen LogP contribution in [0.2, 0.25) is 5.15 Å². The molecule has 86 valence electrons. The normalized spacial score (nSPS) is 17.1. The minimum absolute atomic E-state index is 0.184. The van der Waals surface area contributed by atoms with Crippen molar-refractivity contribution in [3.63, 3.8) is 0 Å². The minimum Gasteiger partial charge on any atom is -0.348 e. The van der Waals surface area contributed by atoms with E-state index in [-0.39, 0.29) is 11.9 Å². The predicted molar refractivity (Wildman–Crippen MR) is 60.4 cm³/mol. The number of carbonyl (C=O) groups excluding carboxylic acids is 1. The zero-order chi connectivity index (χ0) is 11.4. The first-order valence-electron chi connectivity index (χ1n) is 5.25. The lowest BCUT2D eigenvalue weighted by atomic mass is 10.1. The van der Waals surface area contributed by atoms with Gasteiger partial charge in [0, 0.05) is 6.04 Å². The van der Waals surface area contributed by atoms with E-state index in [4.69, 9.17) is 11.6 Å². The van der Waals surface area contributed by atoms with Gasteiger partial charge < -0.3 is 10.6 Å². The summed E-state index contributed by atoms with van der Waals surface area (Å²) in [6, 6.07) is 0.228. The van der Waals surface area contributed by atoms with E-state index in [9.17, 15) is 4.79 Å². The Hall–Kier alpha value is -1.20. The van der Waals surface area contributed by atoms with Crippen LogP contribution in [-0.2, 0) is 0 Å². The Balaban J connectivity index is 1.94. The van der Waals surface area contributed by atoms with E-state index in [1.54, 1.807) is 0 Å². The maximum absolute atomic E-state index is 11.7. The van der Waals surface area contributed by atoms with Crippen LogP contribution in [0.4, 0.5) is 0 Å². The second kappa shape index (κ2) is 5.23. The van der Waals surface area contributed by atoms with Crippen LogP contribution in [0, 0.1) is 0 Å². The van der Waals surface area contributed by atoms with Gasteiger partial charge in [-0.3, -0.25) is 4.79 Å². The van der Waals surface area contributed by atoms with E-state index in [1.807, 2.05) is 0 Å². The standard InChI is InChI=1S/C10H13ClN4O/c11-9-6-13-8(5-14-9)10(16)15-7-1-3-12-4-2-7/h5-7,12H,1-4H2,(H,15,16). The first-order valence-corrected chi connectivity index (χ1v) is 5.62. The van der Waals surface area contributed by atoms with Crippen molar-refractivity contribution in [2.75, 3.05) is 13.1 Å². The summed E-state index contributed by atoms with van der Waals surface area (Å²) in [5, 5.41) is 6.46. The van der Waals surface area contributed by atoms with Crippen LogP contribution in [-0.4, -0.2) is 35.0 Å². The molecule has 1 aliphatic rings. The third-order valence-corrected chi connectivity index (χ3v) is 2.72. The molecule has 1 aromatic rings. The summed E-state index contributed by atoms with van der Waals surface area (Å²) in [6.07, 6.45) is 4.66. The van der Waals surface area contributed by atoms with Gasteiger partial charge in [0.05, 0.1) is 12.4 Å². The van der Waals surface area contributed by atoms with Crippen molar-refractivity contribution in [2.45, 2.75) is 18.9 Å². The number of aromatic nitrogens is 2. The van der Waals surface area contributed by atoms with Crippen molar-refractivity contribution in [2.24, 2.45) is 0 Å². The van der Waals surface area contributed by atoms with Crippen LogP contribution in [0.1, 0.15) is 23.3 Å². The van der Waals surface area contributed by atoms with Crippen LogP contribution < -0.4 is 10.6 Å². The second-order valence-electron chi connectivity index (χ2n) is 3.72. The molecule has 0 aromatic carbocycles. The van der Waals surface area contributed by atoms with Gasteiger partial charge >= 0.3 is 0 Å². The summed E-state index contributed by atoms with van der Waals surface area (Å²) in [5.41, 5.74) is 0.308. The Morgan fingerprint density at radius 1 is 1.38 bits per heavy atom. The smallest absolute Gasteiger partial charge is 0.271 e. The van der Waals surface area contributed by atoms with E-state index in [2.05, 4.69) is 20.6 Å². The van der Waals surface area contributed by atoms with Gasteiger partial charge in [-0.15, -0.1) is 0 Å². The third kappa shape index (κ3) is 2.90. The number of amides is 1. The lowest BCUT2D eigenvalue weighted by Crippen LogP contribution is -2.42. The molecule has 0 bridgehead atoms. The summed E-state index contributed by atoms with van der Waals surface area (Å²) < 4.78 is 0. The van der Waals surface area contributed by atoms with Crippen molar-refractivity contribution < 1.29 is 4.79 Å². The maximum Gasteiger partial charge on any atom is 0.271 e. The van der Waals surface area contributed by atoms with Crippen molar-refractivity contribution in [3.8, 4) is 0 Å². The average Bonchev–Trinajstić information content (AvgIpc) is 2.31. The van der Waals surface area contributed by atoms with E-state index < -0.39 is 0 Å². The van der Waals surface area contributed by atoms with Gasteiger partial charge in [-0.2, -0.15) is 0 Å². The maximum atomic E-state index is 11.7.